The maximum atomic E-state index is 13.1. The largest absolute Gasteiger partial charge is 0.508 e. The number of rotatable bonds is 10. The molecule has 0 saturated carbocycles. The van der Waals surface area contributed by atoms with E-state index in [1.54, 1.807) is 36.4 Å². The standard InChI is InChI=1S/C27H34N2O5/c1-5-28(6-2)15-16-29-24(19-7-11-21(30)12-8-19)23(26(32)27(29)33)25(31)20-9-13-22(14-10-20)34-17-18(3)4/h7-14,18,24,30-31H,5-6,15-17H2,1-4H3/b25-23+/t24-/m1/s1. The number of carbonyl (C=O) groups is 2. The number of hydrogen-bond donors (Lipinski definition) is 2. The first-order chi connectivity index (χ1) is 16.3. The number of phenolic OH excluding ortho intramolecular Hbond substituents is 1. The van der Waals surface area contributed by atoms with Crippen LogP contribution in [-0.2, 0) is 9.59 Å². The van der Waals surface area contributed by atoms with Gasteiger partial charge in [-0.25, -0.2) is 0 Å². The van der Waals surface area contributed by atoms with E-state index in [-0.39, 0.29) is 17.1 Å². The topological polar surface area (TPSA) is 90.3 Å². The summed E-state index contributed by atoms with van der Waals surface area (Å²) in [7, 11) is 0. The van der Waals surface area contributed by atoms with E-state index in [0.717, 1.165) is 13.1 Å². The molecular weight excluding hydrogens is 432 g/mol. The summed E-state index contributed by atoms with van der Waals surface area (Å²) < 4.78 is 5.70. The van der Waals surface area contributed by atoms with Crippen LogP contribution >= 0.6 is 0 Å². The van der Waals surface area contributed by atoms with Gasteiger partial charge in [-0.3, -0.25) is 9.59 Å². The Morgan fingerprint density at radius 1 is 1.03 bits per heavy atom. The fourth-order valence-corrected chi connectivity index (χ4v) is 4.03. The monoisotopic (exact) mass is 466 g/mol. The van der Waals surface area contributed by atoms with E-state index in [1.165, 1.54) is 17.0 Å². The molecule has 182 valence electrons. The smallest absolute Gasteiger partial charge is 0.295 e. The van der Waals surface area contributed by atoms with Crippen molar-refractivity contribution in [2.75, 3.05) is 32.8 Å². The minimum Gasteiger partial charge on any atom is -0.508 e. The van der Waals surface area contributed by atoms with Crippen LogP contribution in [0.5, 0.6) is 11.5 Å². The highest BCUT2D eigenvalue weighted by Gasteiger charge is 2.45. The molecule has 1 fully saturated rings. The average Bonchev–Trinajstić information content (AvgIpc) is 3.08. The van der Waals surface area contributed by atoms with Crippen LogP contribution in [0.1, 0.15) is 44.9 Å². The van der Waals surface area contributed by atoms with E-state index in [4.69, 9.17) is 4.74 Å². The fraction of sp³-hybridized carbons (Fsp3) is 0.407. The molecule has 0 unspecified atom stereocenters. The molecule has 1 saturated heterocycles. The van der Waals surface area contributed by atoms with Gasteiger partial charge in [0.25, 0.3) is 11.7 Å². The van der Waals surface area contributed by atoms with Crippen molar-refractivity contribution in [2.45, 2.75) is 33.7 Å². The Balaban J connectivity index is 2.00. The fourth-order valence-electron chi connectivity index (χ4n) is 4.03. The Hall–Kier alpha value is -3.32. The third kappa shape index (κ3) is 5.59. The van der Waals surface area contributed by atoms with Crippen LogP contribution in [0.25, 0.3) is 5.76 Å². The Morgan fingerprint density at radius 3 is 2.21 bits per heavy atom. The molecule has 1 aliphatic rings. The number of amides is 1. The van der Waals surface area contributed by atoms with Gasteiger partial charge in [0.15, 0.2) is 0 Å². The van der Waals surface area contributed by atoms with Gasteiger partial charge >= 0.3 is 0 Å². The van der Waals surface area contributed by atoms with Crippen LogP contribution < -0.4 is 4.74 Å². The SMILES string of the molecule is CCN(CC)CCN1C(=O)C(=O)/C(=C(/O)c2ccc(OCC(C)C)cc2)[C@H]1c1ccc(O)cc1. The number of carbonyl (C=O) groups excluding carboxylic acids is 2. The number of phenols is 1. The second-order valence-corrected chi connectivity index (χ2v) is 8.84. The van der Waals surface area contributed by atoms with Gasteiger partial charge in [-0.15, -0.1) is 0 Å². The second-order valence-electron chi connectivity index (χ2n) is 8.84. The van der Waals surface area contributed by atoms with Crippen LogP contribution in [-0.4, -0.2) is 64.5 Å². The van der Waals surface area contributed by atoms with Crippen molar-refractivity contribution in [1.29, 1.82) is 0 Å². The van der Waals surface area contributed by atoms with Gasteiger partial charge in [-0.05, 0) is 61.0 Å². The van der Waals surface area contributed by atoms with Crippen molar-refractivity contribution in [3.05, 3.63) is 65.2 Å². The molecule has 2 aromatic rings. The number of likely N-dealkylation sites (N-methyl/N-ethyl adjacent to an activating group) is 1. The van der Waals surface area contributed by atoms with Crippen LogP contribution in [0.4, 0.5) is 0 Å². The summed E-state index contributed by atoms with van der Waals surface area (Å²) in [5, 5.41) is 20.9. The predicted octanol–water partition coefficient (Wildman–Crippen LogP) is 4.19. The van der Waals surface area contributed by atoms with Crippen molar-refractivity contribution in [3.63, 3.8) is 0 Å². The summed E-state index contributed by atoms with van der Waals surface area (Å²) in [6.45, 7) is 11.4. The highest BCUT2D eigenvalue weighted by Crippen LogP contribution is 2.39. The Kier molecular flexibility index (Phi) is 8.34. The molecule has 7 heteroatoms. The van der Waals surface area contributed by atoms with E-state index in [9.17, 15) is 19.8 Å². The van der Waals surface area contributed by atoms with Gasteiger partial charge in [0, 0.05) is 18.7 Å². The molecule has 1 amide bonds. The van der Waals surface area contributed by atoms with Crippen molar-refractivity contribution >= 4 is 17.4 Å². The summed E-state index contributed by atoms with van der Waals surface area (Å²) in [5.74, 6) is -0.442. The molecule has 0 radical (unpaired) electrons. The lowest BCUT2D eigenvalue weighted by molar-refractivity contribution is -0.140. The van der Waals surface area contributed by atoms with Crippen LogP contribution in [0.15, 0.2) is 54.1 Å². The number of nitrogens with zero attached hydrogens (tertiary/aromatic N) is 2. The van der Waals surface area contributed by atoms with E-state index >= 15 is 0 Å². The Labute approximate surface area is 201 Å². The molecule has 7 nitrogen and oxygen atoms in total. The molecular formula is C27H34N2O5. The number of Topliss-reactive ketones (excluding diaryl/α,β-unsaturated/α-hetero) is 1. The molecule has 1 aliphatic heterocycles. The molecule has 1 atom stereocenters. The average molecular weight is 467 g/mol. The highest BCUT2D eigenvalue weighted by atomic mass is 16.5. The zero-order valence-corrected chi connectivity index (χ0v) is 20.3. The van der Waals surface area contributed by atoms with Crippen molar-refractivity contribution < 1.29 is 24.5 Å². The minimum absolute atomic E-state index is 0.0473. The summed E-state index contributed by atoms with van der Waals surface area (Å²) in [6.07, 6.45) is 0. The highest BCUT2D eigenvalue weighted by molar-refractivity contribution is 6.46. The maximum Gasteiger partial charge on any atom is 0.295 e. The van der Waals surface area contributed by atoms with Gasteiger partial charge in [-0.2, -0.15) is 0 Å². The van der Waals surface area contributed by atoms with E-state index < -0.39 is 17.7 Å². The van der Waals surface area contributed by atoms with E-state index in [1.807, 2.05) is 13.8 Å². The van der Waals surface area contributed by atoms with E-state index in [2.05, 4.69) is 18.7 Å². The molecule has 0 spiro atoms. The molecule has 0 aromatic heterocycles. The lowest BCUT2D eigenvalue weighted by atomic mass is 9.95. The first kappa shape index (κ1) is 25.3. The Bertz CT molecular complexity index is 1020. The summed E-state index contributed by atoms with van der Waals surface area (Å²) >= 11 is 0. The zero-order valence-electron chi connectivity index (χ0n) is 20.3. The summed E-state index contributed by atoms with van der Waals surface area (Å²) in [5.41, 5.74) is 1.13. The predicted molar refractivity (Wildman–Crippen MR) is 132 cm³/mol. The molecule has 0 aliphatic carbocycles. The Morgan fingerprint density at radius 2 is 1.65 bits per heavy atom. The zero-order chi connectivity index (χ0) is 24.8. The number of aliphatic hydroxyl groups is 1. The number of benzene rings is 2. The normalized spacial score (nSPS) is 17.7. The minimum atomic E-state index is -0.743. The van der Waals surface area contributed by atoms with Crippen LogP contribution in [0.3, 0.4) is 0 Å². The van der Waals surface area contributed by atoms with Gasteiger partial charge in [0.2, 0.25) is 0 Å². The van der Waals surface area contributed by atoms with Crippen LogP contribution in [0, 0.1) is 5.92 Å². The lowest BCUT2D eigenvalue weighted by Crippen LogP contribution is -2.38. The first-order valence-corrected chi connectivity index (χ1v) is 11.8. The number of aliphatic hydroxyl groups excluding tert-OH is 1. The van der Waals surface area contributed by atoms with Crippen molar-refractivity contribution in [1.82, 2.24) is 9.80 Å². The number of ether oxygens (including phenoxy) is 1. The number of aromatic hydroxyl groups is 1. The van der Waals surface area contributed by atoms with Crippen molar-refractivity contribution in [2.24, 2.45) is 5.92 Å². The molecule has 2 N–H and O–H groups in total. The van der Waals surface area contributed by atoms with Gasteiger partial charge in [-0.1, -0.05) is 39.8 Å². The summed E-state index contributed by atoms with van der Waals surface area (Å²) in [6, 6.07) is 12.5. The number of ketones is 1. The molecule has 1 heterocycles. The van der Waals surface area contributed by atoms with Gasteiger partial charge in [0.05, 0.1) is 18.2 Å². The van der Waals surface area contributed by atoms with Gasteiger partial charge < -0.3 is 24.7 Å². The third-order valence-corrected chi connectivity index (χ3v) is 6.01. The van der Waals surface area contributed by atoms with E-state index in [0.29, 0.717) is 42.5 Å². The second kappa shape index (κ2) is 11.2. The molecule has 3 rings (SSSR count). The quantitative estimate of drug-likeness (QED) is 0.310. The maximum absolute atomic E-state index is 13.1. The number of likely N-dealkylation sites (tertiary alicyclic amines) is 1. The molecule has 0 bridgehead atoms. The lowest BCUT2D eigenvalue weighted by Gasteiger charge is -2.28. The summed E-state index contributed by atoms with van der Waals surface area (Å²) in [4.78, 5) is 29.8. The van der Waals surface area contributed by atoms with Crippen LogP contribution in [0.2, 0.25) is 0 Å². The third-order valence-electron chi connectivity index (χ3n) is 6.01. The van der Waals surface area contributed by atoms with Gasteiger partial charge in [0.1, 0.15) is 17.3 Å². The molecule has 2 aromatic carbocycles. The first-order valence-electron chi connectivity index (χ1n) is 11.8. The van der Waals surface area contributed by atoms with Crippen molar-refractivity contribution in [3.8, 4) is 11.5 Å². The number of hydrogen-bond acceptors (Lipinski definition) is 6. The molecule has 34 heavy (non-hydrogen) atoms.